The maximum Gasteiger partial charge on any atom is 0.196 e. The van der Waals surface area contributed by atoms with Crippen molar-refractivity contribution in [1.29, 1.82) is 0 Å². The average Bonchev–Trinajstić information content (AvgIpc) is 3.53. The number of pyridine rings is 1. The molecule has 4 heterocycles. The van der Waals surface area contributed by atoms with Gasteiger partial charge in [-0.05, 0) is 42.8 Å². The molecule has 6 rings (SSSR count). The highest BCUT2D eigenvalue weighted by Crippen LogP contribution is 2.33. The lowest BCUT2D eigenvalue weighted by molar-refractivity contribution is 0.884. The summed E-state index contributed by atoms with van der Waals surface area (Å²) < 4.78 is 4.18. The zero-order valence-electron chi connectivity index (χ0n) is 17.4. The van der Waals surface area contributed by atoms with Gasteiger partial charge >= 0.3 is 0 Å². The Morgan fingerprint density at radius 1 is 0.969 bits per heavy atom. The summed E-state index contributed by atoms with van der Waals surface area (Å²) in [6.45, 7) is 2.10. The molecular formula is C25H20N6S. The molecule has 0 saturated heterocycles. The maximum atomic E-state index is 4.72. The number of fused-ring (bicyclic) bond motifs is 2. The van der Waals surface area contributed by atoms with Gasteiger partial charge in [-0.1, -0.05) is 48.2 Å². The van der Waals surface area contributed by atoms with Crippen molar-refractivity contribution in [3.05, 3.63) is 96.6 Å². The van der Waals surface area contributed by atoms with Gasteiger partial charge in [-0.3, -0.25) is 4.57 Å². The van der Waals surface area contributed by atoms with Crippen molar-refractivity contribution in [3.63, 3.8) is 0 Å². The molecular weight excluding hydrogens is 416 g/mol. The summed E-state index contributed by atoms with van der Waals surface area (Å²) in [6.07, 6.45) is 6.09. The molecule has 7 heteroatoms. The molecule has 0 amide bonds. The minimum atomic E-state index is 0.708. The number of aromatic nitrogens is 6. The number of H-pyrrole nitrogens is 1. The van der Waals surface area contributed by atoms with E-state index in [2.05, 4.69) is 69.3 Å². The monoisotopic (exact) mass is 436 g/mol. The third-order valence-corrected chi connectivity index (χ3v) is 6.45. The number of aryl methyl sites for hydroxylation is 1. The van der Waals surface area contributed by atoms with E-state index >= 15 is 0 Å². The van der Waals surface area contributed by atoms with E-state index in [-0.39, 0.29) is 0 Å². The lowest BCUT2D eigenvalue weighted by Crippen LogP contribution is -2.00. The highest BCUT2D eigenvalue weighted by molar-refractivity contribution is 7.98. The van der Waals surface area contributed by atoms with Gasteiger partial charge in [0, 0.05) is 46.5 Å². The zero-order valence-corrected chi connectivity index (χ0v) is 18.3. The second kappa shape index (κ2) is 7.69. The molecule has 6 nitrogen and oxygen atoms in total. The van der Waals surface area contributed by atoms with E-state index in [1.165, 1.54) is 5.56 Å². The Morgan fingerprint density at radius 2 is 1.88 bits per heavy atom. The number of aromatic amines is 1. The highest BCUT2D eigenvalue weighted by atomic mass is 32.2. The van der Waals surface area contributed by atoms with Crippen LogP contribution in [0.3, 0.4) is 0 Å². The molecule has 0 unspecified atom stereocenters. The summed E-state index contributed by atoms with van der Waals surface area (Å²) in [4.78, 5) is 8.08. The van der Waals surface area contributed by atoms with Crippen LogP contribution in [0.25, 0.3) is 33.6 Å². The predicted molar refractivity (Wildman–Crippen MR) is 128 cm³/mol. The summed E-state index contributed by atoms with van der Waals surface area (Å²) in [5.74, 6) is 1.53. The predicted octanol–water partition coefficient (Wildman–Crippen LogP) is 5.66. The topological polar surface area (TPSA) is 63.8 Å². The molecule has 0 bridgehead atoms. The van der Waals surface area contributed by atoms with Crippen molar-refractivity contribution in [2.75, 3.05) is 0 Å². The van der Waals surface area contributed by atoms with Crippen LogP contribution in [0.2, 0.25) is 0 Å². The minimum absolute atomic E-state index is 0.708. The third-order valence-electron chi connectivity index (χ3n) is 5.49. The van der Waals surface area contributed by atoms with Gasteiger partial charge in [0.25, 0.3) is 0 Å². The lowest BCUT2D eigenvalue weighted by atomic mass is 10.1. The molecule has 32 heavy (non-hydrogen) atoms. The van der Waals surface area contributed by atoms with Crippen LogP contribution in [0.5, 0.6) is 0 Å². The van der Waals surface area contributed by atoms with Crippen molar-refractivity contribution >= 4 is 28.3 Å². The summed E-state index contributed by atoms with van der Waals surface area (Å²) >= 11 is 1.64. The fourth-order valence-electron chi connectivity index (χ4n) is 3.99. The number of benzene rings is 2. The Kier molecular flexibility index (Phi) is 4.54. The lowest BCUT2D eigenvalue weighted by Gasteiger charge is -2.10. The van der Waals surface area contributed by atoms with E-state index in [0.29, 0.717) is 5.75 Å². The van der Waals surface area contributed by atoms with E-state index < -0.39 is 0 Å². The molecule has 0 spiro atoms. The van der Waals surface area contributed by atoms with Gasteiger partial charge in [0.05, 0.1) is 5.69 Å². The molecule has 0 radical (unpaired) electrons. The van der Waals surface area contributed by atoms with Crippen LogP contribution in [-0.2, 0) is 5.75 Å². The number of hydrogen-bond acceptors (Lipinski definition) is 4. The molecule has 0 aliphatic rings. The fourth-order valence-corrected chi connectivity index (χ4v) is 4.83. The van der Waals surface area contributed by atoms with Crippen LogP contribution in [0.1, 0.15) is 11.3 Å². The fraction of sp³-hybridized carbons (Fsp3) is 0.0800. The van der Waals surface area contributed by atoms with Crippen LogP contribution in [0, 0.1) is 6.92 Å². The van der Waals surface area contributed by atoms with Gasteiger partial charge in [-0.2, -0.15) is 0 Å². The Morgan fingerprint density at radius 3 is 2.78 bits per heavy atom. The van der Waals surface area contributed by atoms with Gasteiger partial charge in [-0.15, -0.1) is 10.2 Å². The van der Waals surface area contributed by atoms with Gasteiger partial charge in [0.1, 0.15) is 5.65 Å². The maximum absolute atomic E-state index is 4.72. The first-order valence-electron chi connectivity index (χ1n) is 10.4. The van der Waals surface area contributed by atoms with E-state index in [1.54, 1.807) is 11.8 Å². The molecule has 0 fully saturated rings. The Balaban J connectivity index is 1.43. The van der Waals surface area contributed by atoms with Crippen LogP contribution >= 0.6 is 11.8 Å². The number of hydrogen-bond donors (Lipinski definition) is 1. The van der Waals surface area contributed by atoms with Crippen molar-refractivity contribution in [3.8, 4) is 17.1 Å². The molecule has 6 aromatic rings. The zero-order chi connectivity index (χ0) is 21.5. The van der Waals surface area contributed by atoms with Gasteiger partial charge in [0.15, 0.2) is 11.0 Å². The molecule has 0 aliphatic heterocycles. The van der Waals surface area contributed by atoms with E-state index in [9.17, 15) is 0 Å². The first kappa shape index (κ1) is 18.9. The van der Waals surface area contributed by atoms with Crippen molar-refractivity contribution in [1.82, 2.24) is 29.1 Å². The molecule has 4 aromatic heterocycles. The summed E-state index contributed by atoms with van der Waals surface area (Å²) in [5.41, 5.74) is 6.32. The van der Waals surface area contributed by atoms with E-state index in [0.717, 1.165) is 44.5 Å². The Labute approximate surface area is 189 Å². The quantitative estimate of drug-likeness (QED) is 0.354. The third kappa shape index (κ3) is 3.27. The molecule has 2 aromatic carbocycles. The van der Waals surface area contributed by atoms with Crippen LogP contribution in [0.15, 0.2) is 90.5 Å². The largest absolute Gasteiger partial charge is 0.360 e. The Hall–Kier alpha value is -3.84. The highest BCUT2D eigenvalue weighted by Gasteiger charge is 2.19. The second-order valence-electron chi connectivity index (χ2n) is 7.72. The van der Waals surface area contributed by atoms with Gasteiger partial charge in [-0.25, -0.2) is 4.98 Å². The number of nitrogens with one attached hydrogen (secondary N) is 1. The molecule has 0 saturated carbocycles. The van der Waals surface area contributed by atoms with Crippen LogP contribution < -0.4 is 0 Å². The number of thioether (sulfide) groups is 1. The summed E-state index contributed by atoms with van der Waals surface area (Å²) in [7, 11) is 0. The second-order valence-corrected chi connectivity index (χ2v) is 8.66. The van der Waals surface area contributed by atoms with E-state index in [1.807, 2.05) is 47.1 Å². The first-order valence-corrected chi connectivity index (χ1v) is 11.4. The molecule has 156 valence electrons. The van der Waals surface area contributed by atoms with Gasteiger partial charge < -0.3 is 9.38 Å². The van der Waals surface area contributed by atoms with Crippen molar-refractivity contribution in [2.45, 2.75) is 17.8 Å². The van der Waals surface area contributed by atoms with Crippen LogP contribution in [-0.4, -0.2) is 29.1 Å². The number of rotatable bonds is 5. The first-order chi connectivity index (χ1) is 15.8. The Bertz CT molecular complexity index is 1520. The van der Waals surface area contributed by atoms with Crippen LogP contribution in [0.4, 0.5) is 0 Å². The van der Waals surface area contributed by atoms with Gasteiger partial charge in [0.2, 0.25) is 0 Å². The summed E-state index contributed by atoms with van der Waals surface area (Å²) in [6, 6.07) is 22.7. The number of nitrogens with zero attached hydrogens (tertiary/aromatic N) is 5. The minimum Gasteiger partial charge on any atom is -0.360 e. The smallest absolute Gasteiger partial charge is 0.196 e. The normalized spacial score (nSPS) is 11.5. The van der Waals surface area contributed by atoms with Crippen molar-refractivity contribution in [2.24, 2.45) is 0 Å². The summed E-state index contributed by atoms with van der Waals surface area (Å²) in [5, 5.41) is 11.2. The molecule has 1 N–H and O–H groups in total. The van der Waals surface area contributed by atoms with Crippen molar-refractivity contribution < 1.29 is 0 Å². The van der Waals surface area contributed by atoms with E-state index in [4.69, 9.17) is 4.98 Å². The molecule has 0 atom stereocenters. The molecule has 0 aliphatic carbocycles. The average molecular weight is 437 g/mol. The number of imidazole rings is 1. The number of para-hydroxylation sites is 1. The standard InChI is InChI=1S/C25H20N6S/c1-17-7-6-8-19(13-17)31-24(21-14-26-22-10-3-2-9-20(21)22)28-29-25(31)32-16-18-15-30-12-5-4-11-23(30)27-18/h2-15,26H,16H2,1H3. The SMILES string of the molecule is Cc1cccc(-n2c(SCc3cn4ccccc4n3)nnc2-c2c[nH]c3ccccc23)c1.